The number of aryl methyl sites for hydroxylation is 1. The number of carbonyl (C=O) groups is 2. The second kappa shape index (κ2) is 6.43. The zero-order valence-electron chi connectivity index (χ0n) is 14.1. The number of anilines is 1. The highest BCUT2D eigenvalue weighted by atomic mass is 16.2. The summed E-state index contributed by atoms with van der Waals surface area (Å²) < 4.78 is 1.44. The Morgan fingerprint density at radius 1 is 1.42 bits per heavy atom. The minimum atomic E-state index is -0.537. The Bertz CT molecular complexity index is 770. The zero-order valence-corrected chi connectivity index (χ0v) is 14.1. The summed E-state index contributed by atoms with van der Waals surface area (Å²) in [7, 11) is 1.67. The number of hydrogen-bond donors (Lipinski definition) is 1. The van der Waals surface area contributed by atoms with Gasteiger partial charge in [-0.25, -0.2) is 4.68 Å². The number of carbonyl (C=O) groups excluding carboxylic acids is 2. The lowest BCUT2D eigenvalue weighted by Crippen LogP contribution is -2.49. The van der Waals surface area contributed by atoms with Crippen molar-refractivity contribution < 1.29 is 9.59 Å². The van der Waals surface area contributed by atoms with Gasteiger partial charge in [-0.2, -0.15) is 0 Å². The van der Waals surface area contributed by atoms with Crippen LogP contribution in [0.25, 0.3) is 0 Å². The average Bonchev–Trinajstić information content (AvgIpc) is 2.94. The third kappa shape index (κ3) is 2.77. The van der Waals surface area contributed by atoms with Gasteiger partial charge < -0.3 is 10.2 Å². The van der Waals surface area contributed by atoms with Gasteiger partial charge >= 0.3 is 0 Å². The minimum absolute atomic E-state index is 0.0319. The van der Waals surface area contributed by atoms with E-state index in [1.54, 1.807) is 11.9 Å². The molecule has 0 radical (unpaired) electrons. The van der Waals surface area contributed by atoms with Gasteiger partial charge in [0.2, 0.25) is 5.91 Å². The van der Waals surface area contributed by atoms with Crippen LogP contribution in [-0.2, 0) is 18.4 Å². The van der Waals surface area contributed by atoms with E-state index in [0.717, 1.165) is 17.7 Å². The molecule has 0 aliphatic carbocycles. The predicted octanol–water partition coefficient (Wildman–Crippen LogP) is 1.82. The van der Waals surface area contributed by atoms with Crippen molar-refractivity contribution in [3.8, 4) is 0 Å². The number of nitrogens with one attached hydrogen (secondary N) is 1. The van der Waals surface area contributed by atoms with Gasteiger partial charge in [0, 0.05) is 19.3 Å². The van der Waals surface area contributed by atoms with Crippen molar-refractivity contribution in [1.29, 1.82) is 0 Å². The molecule has 1 N–H and O–H groups in total. The lowest BCUT2D eigenvalue weighted by molar-refractivity contribution is -0.122. The van der Waals surface area contributed by atoms with Gasteiger partial charge in [0.05, 0.1) is 6.20 Å². The molecule has 0 bridgehead atoms. The first-order valence-corrected chi connectivity index (χ1v) is 8.07. The number of nitrogens with zero attached hydrogens (tertiary/aromatic N) is 4. The van der Waals surface area contributed by atoms with E-state index in [0.29, 0.717) is 12.2 Å². The molecular formula is C17H21N5O2. The van der Waals surface area contributed by atoms with Crippen LogP contribution in [0.15, 0.2) is 30.5 Å². The molecule has 7 heteroatoms. The average molecular weight is 327 g/mol. The molecule has 0 spiro atoms. The summed E-state index contributed by atoms with van der Waals surface area (Å²) >= 11 is 0. The lowest BCUT2D eigenvalue weighted by atomic mass is 9.96. The summed E-state index contributed by atoms with van der Waals surface area (Å²) in [6.45, 7) is 4.38. The molecule has 7 nitrogen and oxygen atoms in total. The molecule has 1 aromatic heterocycles. The van der Waals surface area contributed by atoms with Crippen molar-refractivity contribution in [3.05, 3.63) is 41.7 Å². The van der Waals surface area contributed by atoms with Crippen LogP contribution in [0.4, 0.5) is 5.69 Å². The number of hydrogen-bond acceptors (Lipinski definition) is 4. The molecule has 126 valence electrons. The Morgan fingerprint density at radius 3 is 2.83 bits per heavy atom. The summed E-state index contributed by atoms with van der Waals surface area (Å²) in [4.78, 5) is 27.5. The maximum Gasteiger partial charge on any atom is 0.274 e. The van der Waals surface area contributed by atoms with Crippen molar-refractivity contribution in [2.45, 2.75) is 32.9 Å². The molecule has 1 aliphatic heterocycles. The molecule has 0 saturated carbocycles. The van der Waals surface area contributed by atoms with Gasteiger partial charge in [0.1, 0.15) is 11.7 Å². The van der Waals surface area contributed by atoms with Crippen LogP contribution in [-0.4, -0.2) is 37.7 Å². The first-order chi connectivity index (χ1) is 11.5. The van der Waals surface area contributed by atoms with Crippen molar-refractivity contribution in [1.82, 2.24) is 19.9 Å². The Hall–Kier alpha value is -2.70. The molecule has 1 aliphatic rings. The van der Waals surface area contributed by atoms with Crippen molar-refractivity contribution in [2.24, 2.45) is 13.0 Å². The summed E-state index contributed by atoms with van der Waals surface area (Å²) in [5.41, 5.74) is 2.05. The van der Waals surface area contributed by atoms with Crippen LogP contribution in [0, 0.1) is 5.92 Å². The highest BCUT2D eigenvalue weighted by molar-refractivity contribution is 6.02. The van der Waals surface area contributed by atoms with E-state index in [-0.39, 0.29) is 17.7 Å². The van der Waals surface area contributed by atoms with Gasteiger partial charge in [-0.15, -0.1) is 5.10 Å². The molecular weight excluding hydrogens is 306 g/mol. The van der Waals surface area contributed by atoms with E-state index < -0.39 is 6.04 Å². The van der Waals surface area contributed by atoms with Gasteiger partial charge in [-0.1, -0.05) is 43.7 Å². The molecule has 1 aromatic carbocycles. The standard InChI is InChI=1S/C17H21N5O2/c1-4-11(2)15-16(23)19-13-8-6-5-7-12(13)10-22(15)17(24)14-9-18-20-21(14)3/h5-9,11,15H,4,10H2,1-3H3,(H,19,23)/t11-,15-/m0/s1. The molecule has 2 atom stereocenters. The second-order valence-corrected chi connectivity index (χ2v) is 6.15. The number of amides is 2. The topological polar surface area (TPSA) is 80.1 Å². The van der Waals surface area contributed by atoms with Crippen LogP contribution in [0.2, 0.25) is 0 Å². The zero-order chi connectivity index (χ0) is 17.3. The minimum Gasteiger partial charge on any atom is -0.324 e. The third-order valence-electron chi connectivity index (χ3n) is 4.60. The number of benzene rings is 1. The number of rotatable bonds is 3. The summed E-state index contributed by atoms with van der Waals surface area (Å²) in [6, 6.07) is 7.03. The van der Waals surface area contributed by atoms with Gasteiger partial charge in [-0.05, 0) is 17.5 Å². The van der Waals surface area contributed by atoms with Crippen LogP contribution < -0.4 is 5.32 Å². The van der Waals surface area contributed by atoms with Gasteiger partial charge in [0.15, 0.2) is 0 Å². The van der Waals surface area contributed by atoms with Crippen molar-refractivity contribution in [2.75, 3.05) is 5.32 Å². The Morgan fingerprint density at radius 2 is 2.17 bits per heavy atom. The first-order valence-electron chi connectivity index (χ1n) is 8.07. The first kappa shape index (κ1) is 16.2. The summed E-state index contributed by atoms with van der Waals surface area (Å²) in [6.07, 6.45) is 2.23. The van der Waals surface area contributed by atoms with E-state index in [1.165, 1.54) is 10.9 Å². The maximum absolute atomic E-state index is 13.1. The molecule has 0 fully saturated rings. The van der Waals surface area contributed by atoms with Crippen LogP contribution in [0.5, 0.6) is 0 Å². The fourth-order valence-electron chi connectivity index (χ4n) is 3.03. The van der Waals surface area contributed by atoms with Crippen LogP contribution in [0.1, 0.15) is 36.3 Å². The maximum atomic E-state index is 13.1. The second-order valence-electron chi connectivity index (χ2n) is 6.15. The van der Waals surface area contributed by atoms with Crippen molar-refractivity contribution >= 4 is 17.5 Å². The molecule has 2 heterocycles. The van der Waals surface area contributed by atoms with Crippen LogP contribution >= 0.6 is 0 Å². The van der Waals surface area contributed by atoms with E-state index in [9.17, 15) is 9.59 Å². The smallest absolute Gasteiger partial charge is 0.274 e. The monoisotopic (exact) mass is 327 g/mol. The Labute approximate surface area is 140 Å². The fourth-order valence-corrected chi connectivity index (χ4v) is 3.03. The fraction of sp³-hybridized carbons (Fsp3) is 0.412. The van der Waals surface area contributed by atoms with E-state index >= 15 is 0 Å². The molecule has 0 saturated heterocycles. The molecule has 2 amide bonds. The Kier molecular flexibility index (Phi) is 4.33. The number of aromatic nitrogens is 3. The highest BCUT2D eigenvalue weighted by Gasteiger charge is 2.37. The van der Waals surface area contributed by atoms with E-state index in [2.05, 4.69) is 15.6 Å². The number of fused-ring (bicyclic) bond motifs is 1. The number of para-hydroxylation sites is 1. The Balaban J connectivity index is 2.05. The normalized spacial score (nSPS) is 18.5. The van der Waals surface area contributed by atoms with Gasteiger partial charge in [0.25, 0.3) is 5.91 Å². The lowest BCUT2D eigenvalue weighted by Gasteiger charge is -2.32. The SMILES string of the molecule is CC[C@H](C)[C@H]1C(=O)Nc2ccccc2CN1C(=O)c1cnnn1C. The van der Waals surface area contributed by atoms with Gasteiger partial charge in [-0.3, -0.25) is 9.59 Å². The third-order valence-corrected chi connectivity index (χ3v) is 4.60. The quantitative estimate of drug-likeness (QED) is 0.932. The van der Waals surface area contributed by atoms with Crippen LogP contribution in [0.3, 0.4) is 0 Å². The van der Waals surface area contributed by atoms with E-state index in [1.807, 2.05) is 38.1 Å². The molecule has 3 rings (SSSR count). The summed E-state index contributed by atoms with van der Waals surface area (Å²) in [5, 5.41) is 10.6. The largest absolute Gasteiger partial charge is 0.324 e. The highest BCUT2D eigenvalue weighted by Crippen LogP contribution is 2.28. The molecule has 2 aromatic rings. The molecule has 0 unspecified atom stereocenters. The van der Waals surface area contributed by atoms with E-state index in [4.69, 9.17) is 0 Å². The summed E-state index contributed by atoms with van der Waals surface area (Å²) in [5.74, 6) is -0.359. The molecule has 24 heavy (non-hydrogen) atoms. The van der Waals surface area contributed by atoms with Crippen molar-refractivity contribution in [3.63, 3.8) is 0 Å². The predicted molar refractivity (Wildman–Crippen MR) is 89.2 cm³/mol.